The number of alkyl halides is 2. The molecule has 0 heterocycles. The van der Waals surface area contributed by atoms with Crippen LogP contribution < -0.4 is 4.74 Å². The van der Waals surface area contributed by atoms with Crippen LogP contribution in [0.1, 0.15) is 18.6 Å². The second-order valence-electron chi connectivity index (χ2n) is 3.06. The van der Waals surface area contributed by atoms with E-state index in [9.17, 15) is 18.3 Å². The highest BCUT2D eigenvalue weighted by Gasteiger charge is 2.12. The van der Waals surface area contributed by atoms with E-state index in [0.29, 0.717) is 0 Å². The zero-order valence-corrected chi connectivity index (χ0v) is 8.08. The van der Waals surface area contributed by atoms with Crippen LogP contribution in [0.25, 0.3) is 0 Å². The Morgan fingerprint density at radius 2 is 2.07 bits per heavy atom. The summed E-state index contributed by atoms with van der Waals surface area (Å²) in [6, 6.07) is 3.37. The molecular formula is C10H11F3O2. The quantitative estimate of drug-likeness (QED) is 0.844. The van der Waals surface area contributed by atoms with Gasteiger partial charge in [0.05, 0.1) is 6.10 Å². The molecule has 1 N–H and O–H groups in total. The summed E-state index contributed by atoms with van der Waals surface area (Å²) >= 11 is 0. The predicted octanol–water partition coefficient (Wildman–Crippen LogP) is 2.52. The molecule has 1 aromatic carbocycles. The Kier molecular flexibility index (Phi) is 3.96. The molecule has 1 unspecified atom stereocenters. The maximum absolute atomic E-state index is 12.8. The van der Waals surface area contributed by atoms with Crippen molar-refractivity contribution in [1.29, 1.82) is 0 Å². The summed E-state index contributed by atoms with van der Waals surface area (Å²) in [7, 11) is 0. The Bertz CT molecular complexity index is 326. The third-order valence-electron chi connectivity index (χ3n) is 1.79. The minimum atomic E-state index is -2.60. The maximum Gasteiger partial charge on any atom is 0.272 e. The molecule has 15 heavy (non-hydrogen) atoms. The molecule has 0 aliphatic heterocycles. The first kappa shape index (κ1) is 11.8. The molecule has 84 valence electrons. The fourth-order valence-electron chi connectivity index (χ4n) is 1.13. The molecule has 1 aromatic rings. The second-order valence-corrected chi connectivity index (χ2v) is 3.06. The molecule has 0 amide bonds. The minimum absolute atomic E-state index is 0.0756. The number of aliphatic hydroxyl groups excluding tert-OH is 1. The van der Waals surface area contributed by atoms with Crippen LogP contribution in [0.4, 0.5) is 13.2 Å². The topological polar surface area (TPSA) is 29.5 Å². The summed E-state index contributed by atoms with van der Waals surface area (Å²) in [4.78, 5) is 0. The van der Waals surface area contributed by atoms with Crippen LogP contribution in [0, 0.1) is 5.82 Å². The van der Waals surface area contributed by atoms with Gasteiger partial charge in [-0.2, -0.15) is 0 Å². The number of rotatable bonds is 4. The van der Waals surface area contributed by atoms with E-state index in [-0.39, 0.29) is 11.3 Å². The van der Waals surface area contributed by atoms with E-state index in [0.717, 1.165) is 12.1 Å². The van der Waals surface area contributed by atoms with Gasteiger partial charge in [-0.25, -0.2) is 13.2 Å². The van der Waals surface area contributed by atoms with Crippen molar-refractivity contribution in [3.05, 3.63) is 29.6 Å². The number of benzene rings is 1. The molecule has 1 rings (SSSR count). The Hall–Kier alpha value is -1.23. The average molecular weight is 220 g/mol. The fourth-order valence-corrected chi connectivity index (χ4v) is 1.13. The summed E-state index contributed by atoms with van der Waals surface area (Å²) in [5, 5.41) is 9.26. The molecule has 0 radical (unpaired) electrons. The van der Waals surface area contributed by atoms with Gasteiger partial charge in [0, 0.05) is 5.56 Å². The van der Waals surface area contributed by atoms with Crippen molar-refractivity contribution in [3.63, 3.8) is 0 Å². The second kappa shape index (κ2) is 5.02. The standard InChI is InChI=1S/C10H11F3O2/c1-6(14)8-4-7(11)2-3-9(8)15-5-10(12)13/h2-4,6,10,14H,5H2,1H3. The van der Waals surface area contributed by atoms with Crippen LogP contribution >= 0.6 is 0 Å². The Morgan fingerprint density at radius 1 is 1.40 bits per heavy atom. The van der Waals surface area contributed by atoms with Gasteiger partial charge < -0.3 is 9.84 Å². The van der Waals surface area contributed by atoms with Crippen molar-refractivity contribution in [2.24, 2.45) is 0 Å². The first-order valence-electron chi connectivity index (χ1n) is 4.39. The first-order valence-corrected chi connectivity index (χ1v) is 4.39. The van der Waals surface area contributed by atoms with Crippen LogP contribution in [-0.4, -0.2) is 18.1 Å². The molecule has 0 aromatic heterocycles. The highest BCUT2D eigenvalue weighted by molar-refractivity contribution is 5.35. The molecule has 0 spiro atoms. The lowest BCUT2D eigenvalue weighted by atomic mass is 10.1. The molecule has 0 saturated carbocycles. The van der Waals surface area contributed by atoms with Gasteiger partial charge in [-0.1, -0.05) is 0 Å². The molecule has 5 heteroatoms. The van der Waals surface area contributed by atoms with Crippen LogP contribution in [0.15, 0.2) is 18.2 Å². The van der Waals surface area contributed by atoms with Gasteiger partial charge in [-0.05, 0) is 25.1 Å². The molecule has 1 atom stereocenters. The summed E-state index contributed by atoms with van der Waals surface area (Å²) in [6.45, 7) is 0.634. The van der Waals surface area contributed by atoms with Crippen LogP contribution in [-0.2, 0) is 0 Å². The van der Waals surface area contributed by atoms with Crippen molar-refractivity contribution in [2.75, 3.05) is 6.61 Å². The summed E-state index contributed by atoms with van der Waals surface area (Å²) < 4.78 is 41.3. The van der Waals surface area contributed by atoms with Crippen molar-refractivity contribution in [2.45, 2.75) is 19.5 Å². The lowest BCUT2D eigenvalue weighted by Crippen LogP contribution is -2.09. The number of hydrogen-bond acceptors (Lipinski definition) is 2. The number of halogens is 3. The Balaban J connectivity index is 2.86. The van der Waals surface area contributed by atoms with E-state index in [2.05, 4.69) is 0 Å². The summed E-state index contributed by atoms with van der Waals surface area (Å²) in [5.74, 6) is -0.470. The Labute approximate surface area is 85.3 Å². The van der Waals surface area contributed by atoms with Crippen LogP contribution in [0.5, 0.6) is 5.75 Å². The molecule has 0 bridgehead atoms. The van der Waals surface area contributed by atoms with Crippen LogP contribution in [0.3, 0.4) is 0 Å². The van der Waals surface area contributed by atoms with Gasteiger partial charge in [-0.15, -0.1) is 0 Å². The van der Waals surface area contributed by atoms with Crippen LogP contribution in [0.2, 0.25) is 0 Å². The molecular weight excluding hydrogens is 209 g/mol. The van der Waals surface area contributed by atoms with Crippen molar-refractivity contribution >= 4 is 0 Å². The minimum Gasteiger partial charge on any atom is -0.487 e. The number of aliphatic hydroxyl groups is 1. The fraction of sp³-hybridized carbons (Fsp3) is 0.400. The van der Waals surface area contributed by atoms with Gasteiger partial charge >= 0.3 is 0 Å². The molecule has 0 fully saturated rings. The van der Waals surface area contributed by atoms with E-state index in [1.54, 1.807) is 0 Å². The third kappa shape index (κ3) is 3.43. The monoisotopic (exact) mass is 220 g/mol. The summed E-state index contributed by atoms with van der Waals surface area (Å²) in [5.41, 5.74) is 0.163. The van der Waals surface area contributed by atoms with Crippen molar-refractivity contribution in [3.8, 4) is 5.75 Å². The smallest absolute Gasteiger partial charge is 0.272 e. The lowest BCUT2D eigenvalue weighted by Gasteiger charge is -2.13. The maximum atomic E-state index is 12.8. The molecule has 0 aliphatic rings. The Morgan fingerprint density at radius 3 is 2.60 bits per heavy atom. The van der Waals surface area contributed by atoms with E-state index < -0.39 is 25.0 Å². The molecule has 0 aliphatic carbocycles. The van der Waals surface area contributed by atoms with Gasteiger partial charge in [0.25, 0.3) is 6.43 Å². The van der Waals surface area contributed by atoms with E-state index >= 15 is 0 Å². The number of ether oxygens (including phenoxy) is 1. The van der Waals surface area contributed by atoms with Gasteiger partial charge in [-0.3, -0.25) is 0 Å². The van der Waals surface area contributed by atoms with E-state index in [1.807, 2.05) is 0 Å². The average Bonchev–Trinajstić information content (AvgIpc) is 2.15. The zero-order valence-electron chi connectivity index (χ0n) is 8.08. The molecule has 2 nitrogen and oxygen atoms in total. The van der Waals surface area contributed by atoms with Gasteiger partial charge in [0.2, 0.25) is 0 Å². The van der Waals surface area contributed by atoms with Crippen molar-refractivity contribution < 1.29 is 23.0 Å². The predicted molar refractivity (Wildman–Crippen MR) is 48.5 cm³/mol. The van der Waals surface area contributed by atoms with Gasteiger partial charge in [0.1, 0.15) is 18.2 Å². The first-order chi connectivity index (χ1) is 7.00. The van der Waals surface area contributed by atoms with E-state index in [4.69, 9.17) is 4.74 Å². The highest BCUT2D eigenvalue weighted by atomic mass is 19.3. The highest BCUT2D eigenvalue weighted by Crippen LogP contribution is 2.26. The lowest BCUT2D eigenvalue weighted by molar-refractivity contribution is 0.0794. The SMILES string of the molecule is CC(O)c1cc(F)ccc1OCC(F)F. The zero-order chi connectivity index (χ0) is 11.4. The summed E-state index contributed by atoms with van der Waals surface area (Å²) in [6.07, 6.45) is -3.56. The molecule has 0 saturated heterocycles. The van der Waals surface area contributed by atoms with Crippen molar-refractivity contribution in [1.82, 2.24) is 0 Å². The van der Waals surface area contributed by atoms with Gasteiger partial charge in [0.15, 0.2) is 0 Å². The largest absolute Gasteiger partial charge is 0.487 e. The third-order valence-corrected chi connectivity index (χ3v) is 1.79. The van der Waals surface area contributed by atoms with E-state index in [1.165, 1.54) is 13.0 Å². The number of hydrogen-bond donors (Lipinski definition) is 1. The normalized spacial score (nSPS) is 12.9.